The van der Waals surface area contributed by atoms with E-state index in [1.807, 2.05) is 12.1 Å². The van der Waals surface area contributed by atoms with Crippen molar-refractivity contribution in [3.63, 3.8) is 0 Å². The van der Waals surface area contributed by atoms with Gasteiger partial charge in [-0.2, -0.15) is 5.26 Å². The molecule has 21 heavy (non-hydrogen) atoms. The van der Waals surface area contributed by atoms with Gasteiger partial charge in [-0.15, -0.1) is 0 Å². The Balaban J connectivity index is 2.01. The zero-order chi connectivity index (χ0) is 14.8. The van der Waals surface area contributed by atoms with E-state index in [4.69, 9.17) is 15.7 Å². The van der Waals surface area contributed by atoms with Crippen LogP contribution in [0.4, 0.5) is 11.4 Å². The maximum absolute atomic E-state index is 12.1. The van der Waals surface area contributed by atoms with Crippen LogP contribution in [0.1, 0.15) is 11.1 Å². The van der Waals surface area contributed by atoms with Crippen LogP contribution < -0.4 is 15.4 Å². The van der Waals surface area contributed by atoms with Crippen molar-refractivity contribution in [3.8, 4) is 11.8 Å². The molecular formula is C16H13N3O2. The number of benzene rings is 2. The summed E-state index contributed by atoms with van der Waals surface area (Å²) < 4.78 is 5.40. The molecule has 0 bridgehead atoms. The Bertz CT molecular complexity index is 749. The molecule has 0 aliphatic carbocycles. The standard InChI is InChI=1S/C16H13N3O2/c17-8-11-3-1-2-4-12(11)9-19-14-7-13(18)5-6-15(14)21-10-16(19)20/h1-7H,9-10,18H2. The highest BCUT2D eigenvalue weighted by Crippen LogP contribution is 2.34. The molecule has 2 N–H and O–H groups in total. The summed E-state index contributed by atoms with van der Waals surface area (Å²) in [6.45, 7) is 0.314. The number of nitrogens with zero attached hydrogens (tertiary/aromatic N) is 2. The quantitative estimate of drug-likeness (QED) is 0.853. The van der Waals surface area contributed by atoms with Gasteiger partial charge in [0.1, 0.15) is 5.75 Å². The molecule has 0 aromatic heterocycles. The van der Waals surface area contributed by atoms with E-state index in [1.54, 1.807) is 35.2 Å². The zero-order valence-corrected chi connectivity index (χ0v) is 11.2. The molecule has 0 spiro atoms. The molecule has 1 aliphatic heterocycles. The lowest BCUT2D eigenvalue weighted by molar-refractivity contribution is -0.121. The highest BCUT2D eigenvalue weighted by atomic mass is 16.5. The molecule has 2 aromatic rings. The number of nitrogen functional groups attached to an aromatic ring is 1. The van der Waals surface area contributed by atoms with E-state index in [0.717, 1.165) is 5.56 Å². The number of carbonyl (C=O) groups is 1. The van der Waals surface area contributed by atoms with Crippen LogP contribution in [0.15, 0.2) is 42.5 Å². The summed E-state index contributed by atoms with van der Waals surface area (Å²) in [7, 11) is 0. The molecule has 0 radical (unpaired) electrons. The lowest BCUT2D eigenvalue weighted by atomic mass is 10.1. The fourth-order valence-corrected chi connectivity index (χ4v) is 2.33. The van der Waals surface area contributed by atoms with Crippen LogP contribution in [0.2, 0.25) is 0 Å². The van der Waals surface area contributed by atoms with Gasteiger partial charge in [-0.1, -0.05) is 18.2 Å². The van der Waals surface area contributed by atoms with Gasteiger partial charge in [0.2, 0.25) is 0 Å². The van der Waals surface area contributed by atoms with Crippen molar-refractivity contribution in [1.82, 2.24) is 0 Å². The third-order valence-corrected chi connectivity index (χ3v) is 3.39. The highest BCUT2D eigenvalue weighted by molar-refractivity contribution is 5.98. The van der Waals surface area contributed by atoms with Gasteiger partial charge >= 0.3 is 0 Å². The number of rotatable bonds is 2. The average Bonchev–Trinajstić information content (AvgIpc) is 2.50. The first kappa shape index (κ1) is 13.0. The van der Waals surface area contributed by atoms with Gasteiger partial charge in [0.15, 0.2) is 6.61 Å². The van der Waals surface area contributed by atoms with Crippen LogP contribution in [0.25, 0.3) is 0 Å². The van der Waals surface area contributed by atoms with Gasteiger partial charge < -0.3 is 15.4 Å². The number of hydrogen-bond acceptors (Lipinski definition) is 4. The Hall–Kier alpha value is -3.00. The van der Waals surface area contributed by atoms with Gasteiger partial charge in [-0.25, -0.2) is 0 Å². The minimum atomic E-state index is -0.152. The smallest absolute Gasteiger partial charge is 0.265 e. The molecule has 3 rings (SSSR count). The molecular weight excluding hydrogens is 266 g/mol. The van der Waals surface area contributed by atoms with Gasteiger partial charge in [0.05, 0.1) is 23.9 Å². The summed E-state index contributed by atoms with van der Waals surface area (Å²) in [5, 5.41) is 9.16. The normalized spacial score (nSPS) is 13.3. The molecule has 1 heterocycles. The Kier molecular flexibility index (Phi) is 3.20. The zero-order valence-electron chi connectivity index (χ0n) is 11.2. The highest BCUT2D eigenvalue weighted by Gasteiger charge is 2.26. The Labute approximate surface area is 122 Å². The fraction of sp³-hybridized carbons (Fsp3) is 0.125. The van der Waals surface area contributed by atoms with Crippen molar-refractivity contribution < 1.29 is 9.53 Å². The van der Waals surface area contributed by atoms with E-state index in [1.165, 1.54) is 0 Å². The summed E-state index contributed by atoms with van der Waals surface area (Å²) in [6, 6.07) is 14.6. The maximum atomic E-state index is 12.1. The second kappa shape index (κ2) is 5.17. The first-order chi connectivity index (χ1) is 10.2. The van der Waals surface area contributed by atoms with Gasteiger partial charge in [-0.05, 0) is 29.8 Å². The minimum absolute atomic E-state index is 0.00830. The van der Waals surface area contributed by atoms with Gasteiger partial charge in [0, 0.05) is 5.69 Å². The SMILES string of the molecule is N#Cc1ccccc1CN1C(=O)COc2ccc(N)cc21. The molecule has 0 unspecified atom stereocenters. The number of nitriles is 1. The summed E-state index contributed by atoms with van der Waals surface area (Å²) >= 11 is 0. The average molecular weight is 279 g/mol. The van der Waals surface area contributed by atoms with Crippen LogP contribution in [0.3, 0.4) is 0 Å². The largest absolute Gasteiger partial charge is 0.482 e. The number of ether oxygens (including phenoxy) is 1. The van der Waals surface area contributed by atoms with Crippen LogP contribution in [0.5, 0.6) is 5.75 Å². The lowest BCUT2D eigenvalue weighted by Gasteiger charge is -2.29. The molecule has 0 saturated heterocycles. The molecule has 5 heteroatoms. The molecule has 1 aliphatic rings. The lowest BCUT2D eigenvalue weighted by Crippen LogP contribution is -2.38. The fourth-order valence-electron chi connectivity index (χ4n) is 2.33. The summed E-state index contributed by atoms with van der Waals surface area (Å²) in [4.78, 5) is 13.8. The molecule has 104 valence electrons. The van der Waals surface area contributed by atoms with Crippen molar-refractivity contribution >= 4 is 17.3 Å². The van der Waals surface area contributed by atoms with Crippen molar-refractivity contribution in [1.29, 1.82) is 5.26 Å². The van der Waals surface area contributed by atoms with Crippen molar-refractivity contribution in [2.24, 2.45) is 0 Å². The van der Waals surface area contributed by atoms with Gasteiger partial charge in [0.25, 0.3) is 5.91 Å². The number of anilines is 2. The number of hydrogen-bond donors (Lipinski definition) is 1. The molecule has 0 atom stereocenters. The molecule has 0 saturated carbocycles. The number of amides is 1. The summed E-state index contributed by atoms with van der Waals surface area (Å²) in [6.07, 6.45) is 0. The molecule has 5 nitrogen and oxygen atoms in total. The third-order valence-electron chi connectivity index (χ3n) is 3.39. The van der Waals surface area contributed by atoms with E-state index in [-0.39, 0.29) is 12.5 Å². The predicted molar refractivity (Wildman–Crippen MR) is 78.7 cm³/mol. The predicted octanol–water partition coefficient (Wildman–Crippen LogP) is 2.07. The first-order valence-electron chi connectivity index (χ1n) is 6.50. The van der Waals surface area contributed by atoms with Gasteiger partial charge in [-0.3, -0.25) is 4.79 Å². The van der Waals surface area contributed by atoms with Crippen LogP contribution in [-0.2, 0) is 11.3 Å². The molecule has 0 fully saturated rings. The Morgan fingerprint density at radius 2 is 2.10 bits per heavy atom. The number of carbonyl (C=O) groups excluding carboxylic acids is 1. The van der Waals surface area contributed by atoms with Crippen molar-refractivity contribution in [3.05, 3.63) is 53.6 Å². The number of fused-ring (bicyclic) bond motifs is 1. The van der Waals surface area contributed by atoms with Crippen LogP contribution >= 0.6 is 0 Å². The van der Waals surface area contributed by atoms with E-state index >= 15 is 0 Å². The number of nitrogens with two attached hydrogens (primary N) is 1. The van der Waals surface area contributed by atoms with Crippen molar-refractivity contribution in [2.45, 2.75) is 6.54 Å². The Morgan fingerprint density at radius 1 is 1.29 bits per heavy atom. The van der Waals surface area contributed by atoms with E-state index in [9.17, 15) is 4.79 Å². The molecule has 1 amide bonds. The summed E-state index contributed by atoms with van der Waals surface area (Å²) in [5.74, 6) is 0.471. The summed E-state index contributed by atoms with van der Waals surface area (Å²) in [5.41, 5.74) is 8.34. The minimum Gasteiger partial charge on any atom is -0.482 e. The topological polar surface area (TPSA) is 79.3 Å². The second-order valence-corrected chi connectivity index (χ2v) is 4.76. The first-order valence-corrected chi connectivity index (χ1v) is 6.50. The van der Waals surface area contributed by atoms with Crippen LogP contribution in [0, 0.1) is 11.3 Å². The monoisotopic (exact) mass is 279 g/mol. The Morgan fingerprint density at radius 3 is 2.90 bits per heavy atom. The van der Waals surface area contributed by atoms with E-state index in [0.29, 0.717) is 29.2 Å². The molecule has 2 aromatic carbocycles. The van der Waals surface area contributed by atoms with Crippen molar-refractivity contribution in [2.75, 3.05) is 17.2 Å². The second-order valence-electron chi connectivity index (χ2n) is 4.76. The third kappa shape index (κ3) is 2.39. The van der Waals surface area contributed by atoms with E-state index in [2.05, 4.69) is 6.07 Å². The maximum Gasteiger partial charge on any atom is 0.265 e. The van der Waals surface area contributed by atoms with Crippen LogP contribution in [-0.4, -0.2) is 12.5 Å². The van der Waals surface area contributed by atoms with E-state index < -0.39 is 0 Å².